The molecule has 0 rings (SSSR count). The first-order valence-corrected chi connectivity index (χ1v) is 11.3. The highest BCUT2D eigenvalue weighted by molar-refractivity contribution is 5.80. The monoisotopic (exact) mass is 379 g/mol. The lowest BCUT2D eigenvalue weighted by Crippen LogP contribution is -2.28. The highest BCUT2D eigenvalue weighted by atomic mass is 16.7. The molecule has 0 aliphatic heterocycles. The predicted molar refractivity (Wildman–Crippen MR) is 118 cm³/mol. The van der Waals surface area contributed by atoms with Gasteiger partial charge in [0.2, 0.25) is 0 Å². The number of hydrogen-bond acceptors (Lipinski definition) is 3. The van der Waals surface area contributed by atoms with Crippen molar-refractivity contribution < 1.29 is 9.63 Å². The predicted octanol–water partition coefficient (Wildman–Crippen LogP) is 7.24. The third kappa shape index (κ3) is 18.1. The van der Waals surface area contributed by atoms with Gasteiger partial charge < -0.3 is 4.84 Å². The van der Waals surface area contributed by atoms with Crippen LogP contribution in [0.15, 0.2) is 24.8 Å². The molecule has 158 valence electrons. The van der Waals surface area contributed by atoms with Crippen LogP contribution in [0.3, 0.4) is 0 Å². The molecule has 0 saturated heterocycles. The van der Waals surface area contributed by atoms with Crippen molar-refractivity contribution in [3.05, 3.63) is 24.8 Å². The molecule has 0 aromatic rings. The van der Waals surface area contributed by atoms with Gasteiger partial charge in [0.25, 0.3) is 0 Å². The molecular formula is C24H45NO2. The van der Waals surface area contributed by atoms with Gasteiger partial charge in [0.15, 0.2) is 0 Å². The molecule has 1 unspecified atom stereocenters. The maximum Gasteiger partial charge on any atom is 0.349 e. The van der Waals surface area contributed by atoms with Crippen LogP contribution in [-0.2, 0) is 9.63 Å². The zero-order valence-corrected chi connectivity index (χ0v) is 18.4. The first kappa shape index (κ1) is 25.9. The van der Waals surface area contributed by atoms with Gasteiger partial charge in [-0.3, -0.25) is 0 Å². The van der Waals surface area contributed by atoms with Crippen LogP contribution in [0.4, 0.5) is 0 Å². The first-order valence-electron chi connectivity index (χ1n) is 11.3. The molecule has 0 N–H and O–H groups in total. The second-order valence-electron chi connectivity index (χ2n) is 7.72. The lowest BCUT2D eigenvalue weighted by Gasteiger charge is -2.21. The van der Waals surface area contributed by atoms with E-state index in [4.69, 9.17) is 4.84 Å². The number of nitrogens with zero attached hydrogens (tertiary/aromatic N) is 1. The van der Waals surface area contributed by atoms with E-state index >= 15 is 0 Å². The van der Waals surface area contributed by atoms with E-state index in [1.807, 2.05) is 7.05 Å². The fourth-order valence-corrected chi connectivity index (χ4v) is 3.34. The van der Waals surface area contributed by atoms with Crippen molar-refractivity contribution in [2.24, 2.45) is 5.92 Å². The largest absolute Gasteiger partial charge is 0.365 e. The molecule has 3 heteroatoms. The third-order valence-electron chi connectivity index (χ3n) is 5.13. The van der Waals surface area contributed by atoms with Crippen LogP contribution in [0.5, 0.6) is 0 Å². The Kier molecular flexibility index (Phi) is 18.9. The Morgan fingerprint density at radius 2 is 1.48 bits per heavy atom. The second-order valence-corrected chi connectivity index (χ2v) is 7.72. The number of allylic oxidation sites excluding steroid dienone is 2. The van der Waals surface area contributed by atoms with Gasteiger partial charge in [-0.15, -0.1) is 5.06 Å². The highest BCUT2D eigenvalue weighted by Gasteiger charge is 2.12. The van der Waals surface area contributed by atoms with E-state index in [0.717, 1.165) is 13.0 Å². The average molecular weight is 380 g/mol. The average Bonchev–Trinajstić information content (AvgIpc) is 2.67. The number of carbonyl (C=O) groups is 1. The summed E-state index contributed by atoms with van der Waals surface area (Å²) in [6.45, 7) is 8.71. The molecule has 0 saturated carbocycles. The lowest BCUT2D eigenvalue weighted by molar-refractivity contribution is -0.180. The normalized spacial score (nSPS) is 12.6. The van der Waals surface area contributed by atoms with Gasteiger partial charge in [-0.25, -0.2) is 4.79 Å². The minimum absolute atomic E-state index is 0.378. The van der Waals surface area contributed by atoms with Crippen LogP contribution >= 0.6 is 0 Å². The van der Waals surface area contributed by atoms with E-state index in [0.29, 0.717) is 5.92 Å². The lowest BCUT2D eigenvalue weighted by atomic mass is 9.98. The summed E-state index contributed by atoms with van der Waals surface area (Å²) in [6, 6.07) is 0. The van der Waals surface area contributed by atoms with Gasteiger partial charge in [0, 0.05) is 19.7 Å². The van der Waals surface area contributed by atoms with Crippen LogP contribution in [0.1, 0.15) is 104 Å². The molecule has 0 aliphatic carbocycles. The highest BCUT2D eigenvalue weighted by Crippen LogP contribution is 2.16. The van der Waals surface area contributed by atoms with E-state index in [2.05, 4.69) is 32.6 Å². The molecule has 27 heavy (non-hydrogen) atoms. The maximum atomic E-state index is 11.2. The number of hydrogen-bond donors (Lipinski definition) is 0. The van der Waals surface area contributed by atoms with Gasteiger partial charge in [-0.2, -0.15) is 0 Å². The van der Waals surface area contributed by atoms with Crippen molar-refractivity contribution in [3.63, 3.8) is 0 Å². The third-order valence-corrected chi connectivity index (χ3v) is 5.13. The molecule has 0 aromatic carbocycles. The summed E-state index contributed by atoms with van der Waals surface area (Å²) < 4.78 is 0. The van der Waals surface area contributed by atoms with E-state index < -0.39 is 0 Å². The van der Waals surface area contributed by atoms with Gasteiger partial charge in [0.05, 0.1) is 0 Å². The Balaban J connectivity index is 3.51. The van der Waals surface area contributed by atoms with Crippen LogP contribution in [-0.4, -0.2) is 24.6 Å². The summed E-state index contributed by atoms with van der Waals surface area (Å²) in [5.41, 5.74) is 0. The SMILES string of the molecule is C=CC(=O)ON(C)CC(CC)CCCCCC/C=C\CCCCCCCC. The van der Waals surface area contributed by atoms with Gasteiger partial charge in [-0.05, 0) is 38.0 Å². The van der Waals surface area contributed by atoms with E-state index in [9.17, 15) is 4.79 Å². The Hall–Kier alpha value is -1.09. The Labute approximate surface area is 169 Å². The van der Waals surface area contributed by atoms with Gasteiger partial charge >= 0.3 is 5.97 Å². The molecular weight excluding hydrogens is 334 g/mol. The van der Waals surface area contributed by atoms with E-state index in [1.54, 1.807) is 5.06 Å². The Bertz CT molecular complexity index is 379. The van der Waals surface area contributed by atoms with Crippen LogP contribution in [0, 0.1) is 5.92 Å². The van der Waals surface area contributed by atoms with Gasteiger partial charge in [-0.1, -0.05) is 90.4 Å². The summed E-state index contributed by atoms with van der Waals surface area (Å²) in [6.07, 6.45) is 24.3. The fraction of sp³-hybridized carbons (Fsp3) is 0.792. The zero-order valence-electron chi connectivity index (χ0n) is 18.4. The molecule has 0 bridgehead atoms. The fourth-order valence-electron chi connectivity index (χ4n) is 3.34. The molecule has 0 amide bonds. The molecule has 0 spiro atoms. The van der Waals surface area contributed by atoms with E-state index in [-0.39, 0.29) is 5.97 Å². The molecule has 0 aromatic heterocycles. The second kappa shape index (κ2) is 19.7. The number of hydroxylamine groups is 2. The molecule has 1 atom stereocenters. The van der Waals surface area contributed by atoms with Crippen molar-refractivity contribution in [2.45, 2.75) is 104 Å². The van der Waals surface area contributed by atoms with Crippen LogP contribution in [0.25, 0.3) is 0 Å². The summed E-state index contributed by atoms with van der Waals surface area (Å²) in [5, 5.41) is 1.65. The molecule has 3 nitrogen and oxygen atoms in total. The van der Waals surface area contributed by atoms with Crippen LogP contribution in [0.2, 0.25) is 0 Å². The smallest absolute Gasteiger partial charge is 0.349 e. The first-order chi connectivity index (χ1) is 13.1. The summed E-state index contributed by atoms with van der Waals surface area (Å²) in [7, 11) is 1.82. The summed E-state index contributed by atoms with van der Waals surface area (Å²) in [5.74, 6) is 0.210. The molecule has 0 heterocycles. The summed E-state index contributed by atoms with van der Waals surface area (Å²) in [4.78, 5) is 16.3. The van der Waals surface area contributed by atoms with Crippen molar-refractivity contribution in [3.8, 4) is 0 Å². The zero-order chi connectivity index (χ0) is 20.2. The Morgan fingerprint density at radius 1 is 0.926 bits per heavy atom. The number of unbranched alkanes of at least 4 members (excludes halogenated alkanes) is 10. The molecule has 0 radical (unpaired) electrons. The standard InChI is InChI=1S/C24H45NO2/c1-5-8-9-10-11-12-13-14-15-16-17-18-19-20-21-23(6-2)22-25(4)27-24(26)7-3/h7,14-15,23H,3,5-6,8-13,16-22H2,1-2,4H3/b15-14-. The summed E-state index contributed by atoms with van der Waals surface area (Å²) >= 11 is 0. The molecule has 0 aliphatic rings. The minimum Gasteiger partial charge on any atom is -0.365 e. The van der Waals surface area contributed by atoms with Crippen molar-refractivity contribution >= 4 is 5.97 Å². The quantitative estimate of drug-likeness (QED) is 0.103. The maximum absolute atomic E-state index is 11.2. The Morgan fingerprint density at radius 3 is 2.04 bits per heavy atom. The topological polar surface area (TPSA) is 29.5 Å². The van der Waals surface area contributed by atoms with Crippen molar-refractivity contribution in [1.82, 2.24) is 5.06 Å². The number of carbonyl (C=O) groups excluding carboxylic acids is 1. The van der Waals surface area contributed by atoms with Crippen molar-refractivity contribution in [2.75, 3.05) is 13.6 Å². The van der Waals surface area contributed by atoms with Gasteiger partial charge in [0.1, 0.15) is 0 Å². The molecule has 0 fully saturated rings. The number of rotatable bonds is 19. The van der Waals surface area contributed by atoms with E-state index in [1.165, 1.54) is 89.5 Å². The minimum atomic E-state index is -0.378. The van der Waals surface area contributed by atoms with Crippen molar-refractivity contribution in [1.29, 1.82) is 0 Å². The van der Waals surface area contributed by atoms with Crippen LogP contribution < -0.4 is 0 Å².